The summed E-state index contributed by atoms with van der Waals surface area (Å²) in [6, 6.07) is 11.1. The second kappa shape index (κ2) is 6.86. The fourth-order valence-corrected chi connectivity index (χ4v) is 2.31. The first-order valence-electron chi connectivity index (χ1n) is 6.22. The zero-order chi connectivity index (χ0) is 14.5. The lowest BCUT2D eigenvalue weighted by atomic mass is 10.1. The number of pyridine rings is 1. The minimum Gasteiger partial charge on any atom is -0.349 e. The van der Waals surface area contributed by atoms with E-state index < -0.39 is 0 Å². The number of halogens is 2. The quantitative estimate of drug-likeness (QED) is 0.848. The molecule has 104 valence electrons. The summed E-state index contributed by atoms with van der Waals surface area (Å²) in [6.45, 7) is 1.95. The van der Waals surface area contributed by atoms with E-state index in [0.29, 0.717) is 16.6 Å². The third kappa shape index (κ3) is 4.05. The average molecular weight is 354 g/mol. The van der Waals surface area contributed by atoms with Crippen LogP contribution in [0.3, 0.4) is 0 Å². The van der Waals surface area contributed by atoms with Crippen LogP contribution in [0.2, 0.25) is 5.02 Å². The van der Waals surface area contributed by atoms with Crippen molar-refractivity contribution in [1.29, 1.82) is 0 Å². The van der Waals surface area contributed by atoms with Gasteiger partial charge < -0.3 is 5.32 Å². The van der Waals surface area contributed by atoms with Crippen LogP contribution >= 0.6 is 27.5 Å². The van der Waals surface area contributed by atoms with Gasteiger partial charge in [-0.25, -0.2) is 4.98 Å². The minimum atomic E-state index is -0.135. The van der Waals surface area contributed by atoms with Crippen LogP contribution in [0.5, 0.6) is 0 Å². The second-order valence-electron chi connectivity index (χ2n) is 4.54. The topological polar surface area (TPSA) is 42.0 Å². The lowest BCUT2D eigenvalue weighted by molar-refractivity contribution is 0.0939. The fourth-order valence-electron chi connectivity index (χ4n) is 1.86. The van der Waals surface area contributed by atoms with Crippen LogP contribution in [0.25, 0.3) is 0 Å². The van der Waals surface area contributed by atoms with Gasteiger partial charge in [0.15, 0.2) is 0 Å². The normalized spacial score (nSPS) is 11.9. The molecule has 0 bridgehead atoms. The number of aromatic nitrogens is 1. The molecule has 20 heavy (non-hydrogen) atoms. The van der Waals surface area contributed by atoms with E-state index in [9.17, 15) is 4.79 Å². The van der Waals surface area contributed by atoms with Crippen LogP contribution in [0.1, 0.15) is 22.8 Å². The number of carbonyl (C=O) groups is 1. The lowest BCUT2D eigenvalue weighted by Gasteiger charge is -2.14. The molecule has 0 radical (unpaired) electrons. The van der Waals surface area contributed by atoms with Gasteiger partial charge in [-0.2, -0.15) is 0 Å². The molecule has 0 aliphatic heterocycles. The molecule has 1 unspecified atom stereocenters. The fraction of sp³-hybridized carbons (Fsp3) is 0.200. The Balaban J connectivity index is 1.98. The van der Waals surface area contributed by atoms with E-state index in [2.05, 4.69) is 26.2 Å². The Bertz CT molecular complexity index is 601. The van der Waals surface area contributed by atoms with E-state index in [1.54, 1.807) is 18.3 Å². The van der Waals surface area contributed by atoms with Crippen molar-refractivity contribution in [3.63, 3.8) is 0 Å². The Morgan fingerprint density at radius 1 is 1.35 bits per heavy atom. The summed E-state index contributed by atoms with van der Waals surface area (Å²) in [5.74, 6) is -0.135. The second-order valence-corrected chi connectivity index (χ2v) is 5.76. The van der Waals surface area contributed by atoms with Gasteiger partial charge in [-0.15, -0.1) is 0 Å². The number of rotatable bonds is 4. The van der Waals surface area contributed by atoms with Crippen molar-refractivity contribution < 1.29 is 4.79 Å². The van der Waals surface area contributed by atoms with Gasteiger partial charge in [0, 0.05) is 17.3 Å². The van der Waals surface area contributed by atoms with Gasteiger partial charge in [0.1, 0.15) is 4.60 Å². The average Bonchev–Trinajstić information content (AvgIpc) is 2.42. The molecule has 0 saturated heterocycles. The third-order valence-electron chi connectivity index (χ3n) is 2.85. The Labute approximate surface area is 131 Å². The van der Waals surface area contributed by atoms with Gasteiger partial charge in [0.05, 0.1) is 5.56 Å². The van der Waals surface area contributed by atoms with Gasteiger partial charge in [0.2, 0.25) is 0 Å². The van der Waals surface area contributed by atoms with Gasteiger partial charge in [-0.1, -0.05) is 29.8 Å². The van der Waals surface area contributed by atoms with Crippen molar-refractivity contribution in [2.45, 2.75) is 19.4 Å². The molecule has 1 aromatic heterocycles. The van der Waals surface area contributed by atoms with E-state index in [-0.39, 0.29) is 11.9 Å². The summed E-state index contributed by atoms with van der Waals surface area (Å²) < 4.78 is 0.707. The number of hydrogen-bond donors (Lipinski definition) is 1. The van der Waals surface area contributed by atoms with Gasteiger partial charge in [0.25, 0.3) is 5.91 Å². The summed E-state index contributed by atoms with van der Waals surface area (Å²) in [5, 5.41) is 3.66. The molecular formula is C15H14BrClN2O. The van der Waals surface area contributed by atoms with E-state index >= 15 is 0 Å². The molecule has 0 saturated carbocycles. The van der Waals surface area contributed by atoms with E-state index in [1.807, 2.05) is 31.2 Å². The molecule has 1 heterocycles. The highest BCUT2D eigenvalue weighted by Crippen LogP contribution is 2.16. The van der Waals surface area contributed by atoms with Crippen molar-refractivity contribution in [3.05, 3.63) is 63.3 Å². The molecule has 2 aromatic rings. The summed E-state index contributed by atoms with van der Waals surface area (Å²) in [7, 11) is 0. The van der Waals surface area contributed by atoms with E-state index in [1.165, 1.54) is 0 Å². The molecule has 0 fully saturated rings. The maximum atomic E-state index is 12.0. The smallest absolute Gasteiger partial charge is 0.253 e. The number of nitrogens with one attached hydrogen (secondary N) is 1. The molecule has 1 amide bonds. The predicted octanol–water partition coefficient (Wildman–Crippen LogP) is 3.86. The van der Waals surface area contributed by atoms with Crippen LogP contribution in [0.15, 0.2) is 47.2 Å². The largest absolute Gasteiger partial charge is 0.349 e. The monoisotopic (exact) mass is 352 g/mol. The van der Waals surface area contributed by atoms with Gasteiger partial charge in [-0.3, -0.25) is 4.79 Å². The SMILES string of the molecule is CC(Cc1ccccc1Cl)NC(=O)c1ccc(Br)nc1. The van der Waals surface area contributed by atoms with Crippen LogP contribution in [-0.2, 0) is 6.42 Å². The Hall–Kier alpha value is -1.39. The van der Waals surface area contributed by atoms with Gasteiger partial charge in [-0.05, 0) is 53.0 Å². The molecule has 1 N–H and O–H groups in total. The maximum absolute atomic E-state index is 12.0. The molecule has 5 heteroatoms. The summed E-state index contributed by atoms with van der Waals surface area (Å²) in [5.41, 5.74) is 1.56. The molecular weight excluding hydrogens is 340 g/mol. The number of nitrogens with zero attached hydrogens (tertiary/aromatic N) is 1. The number of benzene rings is 1. The van der Waals surface area contributed by atoms with Crippen LogP contribution in [0.4, 0.5) is 0 Å². The molecule has 2 rings (SSSR count). The van der Waals surface area contributed by atoms with Crippen LogP contribution < -0.4 is 5.32 Å². The Morgan fingerprint density at radius 2 is 2.10 bits per heavy atom. The van der Waals surface area contributed by atoms with Crippen LogP contribution in [-0.4, -0.2) is 16.9 Å². The summed E-state index contributed by atoms with van der Waals surface area (Å²) in [4.78, 5) is 16.1. The minimum absolute atomic E-state index is 0.00829. The molecule has 0 spiro atoms. The van der Waals surface area contributed by atoms with Gasteiger partial charge >= 0.3 is 0 Å². The first-order valence-corrected chi connectivity index (χ1v) is 7.39. The zero-order valence-electron chi connectivity index (χ0n) is 10.9. The lowest BCUT2D eigenvalue weighted by Crippen LogP contribution is -2.34. The van der Waals surface area contributed by atoms with E-state index in [0.717, 1.165) is 10.6 Å². The standard InChI is InChI=1S/C15H14BrClN2O/c1-10(8-11-4-2-3-5-13(11)17)19-15(20)12-6-7-14(16)18-9-12/h2-7,9-10H,8H2,1H3,(H,19,20). The maximum Gasteiger partial charge on any atom is 0.253 e. The van der Waals surface area contributed by atoms with Crippen LogP contribution in [0, 0.1) is 0 Å². The number of carbonyl (C=O) groups excluding carboxylic acids is 1. The summed E-state index contributed by atoms with van der Waals surface area (Å²) >= 11 is 9.35. The predicted molar refractivity (Wildman–Crippen MR) is 84.0 cm³/mol. The molecule has 1 atom stereocenters. The van der Waals surface area contributed by atoms with Crippen molar-refractivity contribution in [2.75, 3.05) is 0 Å². The molecule has 1 aromatic carbocycles. The molecule has 0 aliphatic rings. The molecule has 3 nitrogen and oxygen atoms in total. The molecule has 0 aliphatic carbocycles. The number of hydrogen-bond acceptors (Lipinski definition) is 2. The van der Waals surface area contributed by atoms with Crippen molar-refractivity contribution in [3.8, 4) is 0 Å². The van der Waals surface area contributed by atoms with E-state index in [4.69, 9.17) is 11.6 Å². The summed E-state index contributed by atoms with van der Waals surface area (Å²) in [6.07, 6.45) is 2.23. The first kappa shape index (κ1) is 15.0. The Morgan fingerprint density at radius 3 is 2.75 bits per heavy atom. The van der Waals surface area contributed by atoms with Crippen molar-refractivity contribution in [2.24, 2.45) is 0 Å². The third-order valence-corrected chi connectivity index (χ3v) is 3.69. The van der Waals surface area contributed by atoms with Crippen molar-refractivity contribution in [1.82, 2.24) is 10.3 Å². The Kier molecular flexibility index (Phi) is 5.15. The highest BCUT2D eigenvalue weighted by molar-refractivity contribution is 9.10. The first-order chi connectivity index (χ1) is 9.56. The highest BCUT2D eigenvalue weighted by atomic mass is 79.9. The zero-order valence-corrected chi connectivity index (χ0v) is 13.3. The van der Waals surface area contributed by atoms with Crippen molar-refractivity contribution >= 4 is 33.4 Å². The highest BCUT2D eigenvalue weighted by Gasteiger charge is 2.11. The number of amides is 1.